The fourth-order valence-corrected chi connectivity index (χ4v) is 5.30. The third kappa shape index (κ3) is 5.27. The van der Waals surface area contributed by atoms with Crippen LogP contribution < -0.4 is 4.90 Å². The van der Waals surface area contributed by atoms with Crippen LogP contribution in [0.3, 0.4) is 0 Å². The molecule has 3 aromatic carbocycles. The highest BCUT2D eigenvalue weighted by atomic mass is 19.1. The Labute approximate surface area is 202 Å². The second kappa shape index (κ2) is 10.3. The summed E-state index contributed by atoms with van der Waals surface area (Å²) < 4.78 is 13.6. The van der Waals surface area contributed by atoms with E-state index in [1.54, 1.807) is 6.07 Å². The average Bonchev–Trinajstić information content (AvgIpc) is 2.86. The zero-order valence-corrected chi connectivity index (χ0v) is 19.7. The lowest BCUT2D eigenvalue weighted by molar-refractivity contribution is 0.309. The van der Waals surface area contributed by atoms with E-state index in [1.807, 2.05) is 24.3 Å². The summed E-state index contributed by atoms with van der Waals surface area (Å²) in [5, 5.41) is 10.00. The molecular formula is C30H33FN2O. The predicted molar refractivity (Wildman–Crippen MR) is 137 cm³/mol. The van der Waals surface area contributed by atoms with Gasteiger partial charge in [0.15, 0.2) is 0 Å². The Kier molecular flexibility index (Phi) is 6.84. The van der Waals surface area contributed by atoms with Gasteiger partial charge >= 0.3 is 0 Å². The summed E-state index contributed by atoms with van der Waals surface area (Å²) in [5.74, 6) is 0.0993. The molecule has 2 heterocycles. The summed E-state index contributed by atoms with van der Waals surface area (Å²) >= 11 is 0. The molecule has 1 unspecified atom stereocenters. The van der Waals surface area contributed by atoms with Crippen molar-refractivity contribution in [3.63, 3.8) is 0 Å². The highest BCUT2D eigenvalue weighted by Gasteiger charge is 2.28. The van der Waals surface area contributed by atoms with Gasteiger partial charge in [-0.25, -0.2) is 4.39 Å². The quantitative estimate of drug-likeness (QED) is 0.464. The average molecular weight is 457 g/mol. The van der Waals surface area contributed by atoms with Gasteiger partial charge in [0.25, 0.3) is 0 Å². The number of halogens is 1. The lowest BCUT2D eigenvalue weighted by atomic mass is 9.88. The number of anilines is 1. The van der Waals surface area contributed by atoms with Crippen LogP contribution in [0.15, 0.2) is 79.0 Å². The summed E-state index contributed by atoms with van der Waals surface area (Å²) in [6.45, 7) is 3.20. The molecule has 176 valence electrons. The number of fused-ring (bicyclic) bond motifs is 1. The molecule has 1 atom stereocenters. The van der Waals surface area contributed by atoms with E-state index in [4.69, 9.17) is 0 Å². The first-order valence-electron chi connectivity index (χ1n) is 12.5. The molecular weight excluding hydrogens is 423 g/mol. The number of hydrogen-bond acceptors (Lipinski definition) is 3. The maximum absolute atomic E-state index is 13.6. The van der Waals surface area contributed by atoms with Gasteiger partial charge in [-0.3, -0.25) is 0 Å². The van der Waals surface area contributed by atoms with Crippen molar-refractivity contribution in [3.05, 3.63) is 107 Å². The van der Waals surface area contributed by atoms with Crippen LogP contribution in [-0.2, 0) is 19.3 Å². The minimum Gasteiger partial charge on any atom is -0.508 e. The van der Waals surface area contributed by atoms with E-state index in [0.29, 0.717) is 5.75 Å². The molecule has 2 aliphatic heterocycles. The van der Waals surface area contributed by atoms with Gasteiger partial charge in [0.05, 0.1) is 6.04 Å². The van der Waals surface area contributed by atoms with Crippen molar-refractivity contribution in [2.24, 2.45) is 0 Å². The van der Waals surface area contributed by atoms with Gasteiger partial charge in [0.2, 0.25) is 0 Å². The number of likely N-dealkylation sites (tertiary alicyclic amines) is 1. The molecule has 0 amide bonds. The molecule has 0 saturated carbocycles. The van der Waals surface area contributed by atoms with Gasteiger partial charge in [-0.15, -0.1) is 0 Å². The summed E-state index contributed by atoms with van der Waals surface area (Å²) in [4.78, 5) is 4.80. The van der Waals surface area contributed by atoms with Crippen LogP contribution >= 0.6 is 0 Å². The number of phenols is 1. The second-order valence-electron chi connectivity index (χ2n) is 9.52. The SMILES string of the molecule is Oc1ccc2c(c1)CCN(c1ccc(F)cc1)C2Cc1ccc(CC=CN2CCCCC2)cc1. The largest absolute Gasteiger partial charge is 0.508 e. The minimum atomic E-state index is -0.215. The summed E-state index contributed by atoms with van der Waals surface area (Å²) in [7, 11) is 0. The molecule has 2 aliphatic rings. The predicted octanol–water partition coefficient (Wildman–Crippen LogP) is 6.42. The van der Waals surface area contributed by atoms with E-state index in [1.165, 1.54) is 66.7 Å². The van der Waals surface area contributed by atoms with Crippen molar-refractivity contribution in [2.75, 3.05) is 24.5 Å². The van der Waals surface area contributed by atoms with Crippen LogP contribution in [0.4, 0.5) is 10.1 Å². The maximum Gasteiger partial charge on any atom is 0.123 e. The van der Waals surface area contributed by atoms with Crippen LogP contribution in [0.1, 0.15) is 47.6 Å². The zero-order valence-electron chi connectivity index (χ0n) is 19.7. The first kappa shape index (κ1) is 22.5. The molecule has 1 fully saturated rings. The van der Waals surface area contributed by atoms with Gasteiger partial charge in [0, 0.05) is 25.3 Å². The van der Waals surface area contributed by atoms with E-state index in [0.717, 1.165) is 31.5 Å². The lowest BCUT2D eigenvalue weighted by Crippen LogP contribution is -2.36. The van der Waals surface area contributed by atoms with E-state index in [-0.39, 0.29) is 11.9 Å². The Morgan fingerprint density at radius 2 is 1.59 bits per heavy atom. The number of aromatic hydroxyl groups is 1. The Hall–Kier alpha value is -3.27. The zero-order chi connectivity index (χ0) is 23.3. The van der Waals surface area contributed by atoms with Crippen LogP contribution in [-0.4, -0.2) is 29.6 Å². The highest BCUT2D eigenvalue weighted by Crippen LogP contribution is 2.37. The van der Waals surface area contributed by atoms with Crippen molar-refractivity contribution in [1.82, 2.24) is 4.90 Å². The third-order valence-corrected chi connectivity index (χ3v) is 7.15. The van der Waals surface area contributed by atoms with Crippen LogP contribution in [0, 0.1) is 5.82 Å². The first-order chi connectivity index (χ1) is 16.7. The fraction of sp³-hybridized carbons (Fsp3) is 0.333. The lowest BCUT2D eigenvalue weighted by Gasteiger charge is -2.39. The highest BCUT2D eigenvalue weighted by molar-refractivity contribution is 5.53. The number of piperidine rings is 1. The number of allylic oxidation sites excluding steroid dienone is 1. The molecule has 0 bridgehead atoms. The molecule has 34 heavy (non-hydrogen) atoms. The monoisotopic (exact) mass is 456 g/mol. The van der Waals surface area contributed by atoms with Gasteiger partial charge < -0.3 is 14.9 Å². The normalized spacial score (nSPS) is 18.3. The van der Waals surface area contributed by atoms with E-state index in [9.17, 15) is 9.50 Å². The van der Waals surface area contributed by atoms with E-state index in [2.05, 4.69) is 46.3 Å². The molecule has 0 aliphatic carbocycles. The van der Waals surface area contributed by atoms with Gasteiger partial charge in [-0.1, -0.05) is 36.4 Å². The van der Waals surface area contributed by atoms with Gasteiger partial charge in [-0.2, -0.15) is 0 Å². The van der Waals surface area contributed by atoms with E-state index < -0.39 is 0 Å². The molecule has 0 spiro atoms. The van der Waals surface area contributed by atoms with Crippen molar-refractivity contribution < 1.29 is 9.50 Å². The second-order valence-corrected chi connectivity index (χ2v) is 9.52. The molecule has 3 nitrogen and oxygen atoms in total. The Balaban J connectivity index is 1.33. The van der Waals surface area contributed by atoms with Crippen molar-refractivity contribution in [1.29, 1.82) is 0 Å². The number of hydrogen-bond donors (Lipinski definition) is 1. The Bertz CT molecular complexity index is 1120. The molecule has 0 radical (unpaired) electrons. The number of benzene rings is 3. The Morgan fingerprint density at radius 3 is 2.35 bits per heavy atom. The van der Waals surface area contributed by atoms with Crippen molar-refractivity contribution >= 4 is 5.69 Å². The summed E-state index contributed by atoms with van der Waals surface area (Å²) in [6, 6.07) is 21.6. The van der Waals surface area contributed by atoms with Crippen molar-refractivity contribution in [3.8, 4) is 5.75 Å². The van der Waals surface area contributed by atoms with Crippen LogP contribution in [0.5, 0.6) is 5.75 Å². The van der Waals surface area contributed by atoms with Crippen LogP contribution in [0.2, 0.25) is 0 Å². The van der Waals surface area contributed by atoms with Gasteiger partial charge in [-0.05, 0) is 103 Å². The maximum atomic E-state index is 13.6. The van der Waals surface area contributed by atoms with Crippen LogP contribution in [0.25, 0.3) is 0 Å². The summed E-state index contributed by atoms with van der Waals surface area (Å²) in [6.07, 6.45) is 11.2. The number of nitrogens with zero attached hydrogens (tertiary/aromatic N) is 2. The molecule has 3 aromatic rings. The third-order valence-electron chi connectivity index (χ3n) is 7.15. The molecule has 5 rings (SSSR count). The molecule has 0 aromatic heterocycles. The smallest absolute Gasteiger partial charge is 0.123 e. The minimum absolute atomic E-state index is 0.139. The molecule has 4 heteroatoms. The van der Waals surface area contributed by atoms with Gasteiger partial charge in [0.1, 0.15) is 11.6 Å². The van der Waals surface area contributed by atoms with E-state index >= 15 is 0 Å². The Morgan fingerprint density at radius 1 is 0.853 bits per heavy atom. The molecule has 1 saturated heterocycles. The standard InChI is InChI=1S/C30H33FN2O/c31-26-10-12-27(13-11-26)33-20-16-25-22-28(34)14-15-29(25)30(33)21-24-8-6-23(7-9-24)5-4-19-32-17-2-1-3-18-32/h4,6-15,19,22,30,34H,1-3,5,16-18,20-21H2. The summed E-state index contributed by atoms with van der Waals surface area (Å²) in [5.41, 5.74) is 6.07. The number of phenolic OH excluding ortho intramolecular Hbond substituents is 1. The fourth-order valence-electron chi connectivity index (χ4n) is 5.30. The van der Waals surface area contributed by atoms with Crippen molar-refractivity contribution in [2.45, 2.75) is 44.6 Å². The molecule has 1 N–H and O–H groups in total. The number of rotatable bonds is 6. The first-order valence-corrected chi connectivity index (χ1v) is 12.5. The topological polar surface area (TPSA) is 26.7 Å².